The molecule has 2 aromatic heterocycles. The van der Waals surface area contributed by atoms with Gasteiger partial charge < -0.3 is 4.42 Å². The lowest BCUT2D eigenvalue weighted by Gasteiger charge is -2.17. The van der Waals surface area contributed by atoms with Crippen LogP contribution >= 0.6 is 0 Å². The maximum atomic E-state index is 6.25. The summed E-state index contributed by atoms with van der Waals surface area (Å²) in [6.07, 6.45) is 8.33. The van der Waals surface area contributed by atoms with E-state index < -0.39 is 0 Å². The van der Waals surface area contributed by atoms with Gasteiger partial charge in [-0.25, -0.2) is 15.0 Å². The smallest absolute Gasteiger partial charge is 0.164 e. The van der Waals surface area contributed by atoms with Crippen LogP contribution in [0.2, 0.25) is 0 Å². The first-order valence-electron chi connectivity index (χ1n) is 16.3. The summed E-state index contributed by atoms with van der Waals surface area (Å²) in [5.74, 6) is 3.15. The molecule has 4 heteroatoms. The van der Waals surface area contributed by atoms with Gasteiger partial charge in [0.25, 0.3) is 0 Å². The topological polar surface area (TPSA) is 51.8 Å². The van der Waals surface area contributed by atoms with Crippen molar-refractivity contribution in [3.05, 3.63) is 167 Å². The lowest BCUT2D eigenvalue weighted by molar-refractivity contribution is 0.545. The molecule has 0 unspecified atom stereocenters. The Kier molecular flexibility index (Phi) is 6.71. The Bertz CT molecular complexity index is 2350. The van der Waals surface area contributed by atoms with Crippen LogP contribution in [-0.2, 0) is 12.8 Å². The van der Waals surface area contributed by atoms with Crippen molar-refractivity contribution < 1.29 is 4.42 Å². The quantitative estimate of drug-likeness (QED) is 0.196. The molecule has 0 spiro atoms. The molecule has 0 atom stereocenters. The van der Waals surface area contributed by atoms with Gasteiger partial charge in [-0.15, -0.1) is 0 Å². The molecule has 5 aromatic carbocycles. The third kappa shape index (κ3) is 5.08. The number of hydrogen-bond acceptors (Lipinski definition) is 4. The predicted molar refractivity (Wildman–Crippen MR) is 190 cm³/mol. The van der Waals surface area contributed by atoms with E-state index in [1.807, 2.05) is 12.1 Å². The minimum absolute atomic E-state index is 0.675. The third-order valence-electron chi connectivity index (χ3n) is 9.31. The first-order valence-corrected chi connectivity index (χ1v) is 16.3. The molecule has 0 amide bonds. The van der Waals surface area contributed by atoms with Crippen molar-refractivity contribution in [1.82, 2.24) is 15.0 Å². The number of hydrogen-bond donors (Lipinski definition) is 0. The SMILES string of the molecule is C1=C(c2nc(-c3ccc(C4=CCCc5oc6ccccc6c54)cc3)nc(-c3cccc(-c4ccccc4)c3)n2)CCc2ccccc21. The number of furan rings is 1. The van der Waals surface area contributed by atoms with E-state index >= 15 is 0 Å². The molecule has 2 heterocycles. The Labute approximate surface area is 273 Å². The van der Waals surface area contributed by atoms with Crippen LogP contribution < -0.4 is 0 Å². The Hall–Kier alpha value is -5.87. The maximum Gasteiger partial charge on any atom is 0.164 e. The number of aryl methyl sites for hydroxylation is 2. The Morgan fingerprint density at radius 2 is 1.21 bits per heavy atom. The molecule has 0 radical (unpaired) electrons. The highest BCUT2D eigenvalue weighted by Crippen LogP contribution is 2.39. The Morgan fingerprint density at radius 3 is 2.11 bits per heavy atom. The van der Waals surface area contributed by atoms with Crippen molar-refractivity contribution >= 4 is 28.2 Å². The zero-order valence-electron chi connectivity index (χ0n) is 25.9. The number of rotatable bonds is 5. The summed E-state index contributed by atoms with van der Waals surface area (Å²) in [7, 11) is 0. The van der Waals surface area contributed by atoms with Crippen LogP contribution in [0.15, 0.2) is 138 Å². The van der Waals surface area contributed by atoms with Crippen molar-refractivity contribution in [1.29, 1.82) is 0 Å². The lowest BCUT2D eigenvalue weighted by atomic mass is 9.89. The van der Waals surface area contributed by atoms with E-state index in [0.717, 1.165) is 76.2 Å². The molecule has 0 saturated heterocycles. The van der Waals surface area contributed by atoms with Gasteiger partial charge in [0.2, 0.25) is 0 Å². The first-order chi connectivity index (χ1) is 23.3. The normalized spacial score (nSPS) is 13.9. The highest BCUT2D eigenvalue weighted by Gasteiger charge is 2.22. The van der Waals surface area contributed by atoms with Crippen LogP contribution in [0.1, 0.15) is 46.7 Å². The zero-order chi connectivity index (χ0) is 31.2. The van der Waals surface area contributed by atoms with E-state index in [1.54, 1.807) is 0 Å². The van der Waals surface area contributed by atoms with E-state index in [9.17, 15) is 0 Å². The minimum Gasteiger partial charge on any atom is -0.460 e. The summed E-state index contributed by atoms with van der Waals surface area (Å²) in [5, 5.41) is 1.17. The van der Waals surface area contributed by atoms with E-state index in [1.165, 1.54) is 27.6 Å². The fraction of sp³-hybridized carbons (Fsp3) is 0.0930. The van der Waals surface area contributed by atoms with Crippen LogP contribution in [0.4, 0.5) is 0 Å². The summed E-state index contributed by atoms with van der Waals surface area (Å²) in [6.45, 7) is 0. The molecule has 0 bridgehead atoms. The predicted octanol–water partition coefficient (Wildman–Crippen LogP) is 10.5. The maximum absolute atomic E-state index is 6.25. The third-order valence-corrected chi connectivity index (χ3v) is 9.31. The molecule has 9 rings (SSSR count). The summed E-state index contributed by atoms with van der Waals surface area (Å²) >= 11 is 0. The van der Waals surface area contributed by atoms with Gasteiger partial charge in [0.05, 0.1) is 0 Å². The first kappa shape index (κ1) is 27.4. The van der Waals surface area contributed by atoms with Crippen molar-refractivity contribution in [2.24, 2.45) is 0 Å². The van der Waals surface area contributed by atoms with E-state index in [2.05, 4.69) is 127 Å². The van der Waals surface area contributed by atoms with Gasteiger partial charge in [-0.1, -0.05) is 121 Å². The van der Waals surface area contributed by atoms with Gasteiger partial charge in [-0.05, 0) is 76.4 Å². The van der Waals surface area contributed by atoms with Gasteiger partial charge in [0.15, 0.2) is 17.5 Å². The fourth-order valence-electron chi connectivity index (χ4n) is 6.93. The molecule has 0 N–H and O–H groups in total. The summed E-state index contributed by atoms with van der Waals surface area (Å²) < 4.78 is 6.25. The number of para-hydroxylation sites is 1. The van der Waals surface area contributed by atoms with E-state index in [0.29, 0.717) is 11.6 Å². The summed E-state index contributed by atoms with van der Waals surface area (Å²) in [5.41, 5.74) is 12.5. The highest BCUT2D eigenvalue weighted by molar-refractivity contribution is 5.98. The number of fused-ring (bicyclic) bond motifs is 4. The fourth-order valence-corrected chi connectivity index (χ4v) is 6.93. The number of nitrogens with zero attached hydrogens (tertiary/aromatic N) is 3. The van der Waals surface area contributed by atoms with Gasteiger partial charge in [0, 0.05) is 28.5 Å². The van der Waals surface area contributed by atoms with Crippen molar-refractivity contribution in [2.45, 2.75) is 25.7 Å². The molecular weight excluding hydrogens is 574 g/mol. The highest BCUT2D eigenvalue weighted by atomic mass is 16.3. The standard InChI is InChI=1S/C43H31N3O/c1-2-10-28(11-3-1)33-14-8-15-34(26-33)42-44-41(45-43(46-42)35-25-20-29-12-4-5-13-32(29)27-35)31-23-21-30(22-24-31)36-17-9-19-39-40(36)37-16-6-7-18-38(37)47-39/h1-8,10-18,21-24,26-27H,9,19-20,25H2. The van der Waals surface area contributed by atoms with Crippen LogP contribution in [0, 0.1) is 0 Å². The van der Waals surface area contributed by atoms with Crippen molar-refractivity contribution in [3.8, 4) is 33.9 Å². The zero-order valence-corrected chi connectivity index (χ0v) is 25.9. The van der Waals surface area contributed by atoms with Gasteiger partial charge >= 0.3 is 0 Å². The molecule has 47 heavy (non-hydrogen) atoms. The van der Waals surface area contributed by atoms with Crippen LogP contribution in [-0.4, -0.2) is 15.0 Å². The second kappa shape index (κ2) is 11.5. The van der Waals surface area contributed by atoms with E-state index in [-0.39, 0.29) is 0 Å². The van der Waals surface area contributed by atoms with Crippen LogP contribution in [0.25, 0.3) is 62.1 Å². The number of allylic oxidation sites excluding steroid dienone is 2. The molecule has 4 nitrogen and oxygen atoms in total. The molecule has 0 aliphatic heterocycles. The van der Waals surface area contributed by atoms with Gasteiger partial charge in [0.1, 0.15) is 11.3 Å². The van der Waals surface area contributed by atoms with Gasteiger partial charge in [-0.3, -0.25) is 0 Å². The molecule has 224 valence electrons. The number of benzene rings is 5. The van der Waals surface area contributed by atoms with Crippen LogP contribution in [0.5, 0.6) is 0 Å². The van der Waals surface area contributed by atoms with Crippen molar-refractivity contribution in [3.63, 3.8) is 0 Å². The second-order valence-electron chi connectivity index (χ2n) is 12.3. The average Bonchev–Trinajstić information content (AvgIpc) is 3.54. The monoisotopic (exact) mass is 605 g/mol. The molecule has 2 aliphatic carbocycles. The number of aromatic nitrogens is 3. The minimum atomic E-state index is 0.675. The average molecular weight is 606 g/mol. The van der Waals surface area contributed by atoms with Gasteiger partial charge in [-0.2, -0.15) is 0 Å². The largest absolute Gasteiger partial charge is 0.460 e. The molecule has 0 saturated carbocycles. The molecule has 2 aliphatic rings. The Balaban J connectivity index is 1.14. The second-order valence-corrected chi connectivity index (χ2v) is 12.3. The molecule has 7 aromatic rings. The molecule has 0 fully saturated rings. The summed E-state index contributed by atoms with van der Waals surface area (Å²) in [6, 6.07) is 44.5. The van der Waals surface area contributed by atoms with Crippen LogP contribution in [0.3, 0.4) is 0 Å². The van der Waals surface area contributed by atoms with Crippen molar-refractivity contribution in [2.75, 3.05) is 0 Å². The lowest BCUT2D eigenvalue weighted by Crippen LogP contribution is -2.06. The molecular formula is C43H31N3O. The van der Waals surface area contributed by atoms with E-state index in [4.69, 9.17) is 19.4 Å². The Morgan fingerprint density at radius 1 is 0.511 bits per heavy atom. The summed E-state index contributed by atoms with van der Waals surface area (Å²) in [4.78, 5) is 15.3.